The van der Waals surface area contributed by atoms with Crippen LogP contribution in [0.2, 0.25) is 0 Å². The molecule has 1 heterocycles. The van der Waals surface area contributed by atoms with Gasteiger partial charge in [-0.3, -0.25) is 9.79 Å². The number of likely N-dealkylation sites (N-methyl/N-ethyl adjacent to an activating group) is 1. The van der Waals surface area contributed by atoms with Gasteiger partial charge >= 0.3 is 0 Å². The Morgan fingerprint density at radius 3 is 2.69 bits per heavy atom. The zero-order chi connectivity index (χ0) is 18.6. The lowest BCUT2D eigenvalue weighted by molar-refractivity contribution is -0.145. The number of carbonyl (C=O) groups excluding carboxylic acids is 1. The Hall–Kier alpha value is -1.30. The van der Waals surface area contributed by atoms with E-state index in [0.29, 0.717) is 18.6 Å². The van der Waals surface area contributed by atoms with Crippen molar-refractivity contribution in [3.05, 3.63) is 0 Å². The van der Waals surface area contributed by atoms with Gasteiger partial charge in [-0.1, -0.05) is 19.3 Å². The molecule has 2 N–H and O–H groups in total. The highest BCUT2D eigenvalue weighted by Crippen LogP contribution is 2.53. The van der Waals surface area contributed by atoms with Crippen LogP contribution in [0.15, 0.2) is 4.99 Å². The van der Waals surface area contributed by atoms with Crippen molar-refractivity contribution in [3.63, 3.8) is 0 Å². The molecule has 26 heavy (non-hydrogen) atoms. The monoisotopic (exact) mass is 364 g/mol. The summed E-state index contributed by atoms with van der Waals surface area (Å²) < 4.78 is 6.07. The predicted molar refractivity (Wildman–Crippen MR) is 104 cm³/mol. The van der Waals surface area contributed by atoms with E-state index in [1.807, 2.05) is 11.9 Å². The van der Waals surface area contributed by atoms with E-state index in [1.54, 1.807) is 0 Å². The van der Waals surface area contributed by atoms with Crippen LogP contribution >= 0.6 is 0 Å². The van der Waals surface area contributed by atoms with E-state index < -0.39 is 0 Å². The molecule has 0 bridgehead atoms. The molecule has 1 amide bonds. The average molecular weight is 365 g/mol. The zero-order valence-corrected chi connectivity index (χ0v) is 16.7. The van der Waals surface area contributed by atoms with Gasteiger partial charge in [-0.15, -0.1) is 0 Å². The molecule has 3 rings (SSSR count). The Morgan fingerprint density at radius 1 is 1.27 bits per heavy atom. The summed E-state index contributed by atoms with van der Waals surface area (Å²) in [4.78, 5) is 18.2. The molecule has 1 aliphatic heterocycles. The van der Waals surface area contributed by atoms with Gasteiger partial charge in [0.1, 0.15) is 0 Å². The summed E-state index contributed by atoms with van der Waals surface area (Å²) in [5.74, 6) is 1.15. The molecule has 148 valence electrons. The van der Waals surface area contributed by atoms with E-state index in [-0.39, 0.29) is 17.4 Å². The van der Waals surface area contributed by atoms with Gasteiger partial charge in [-0.2, -0.15) is 0 Å². The predicted octanol–water partition coefficient (Wildman–Crippen LogP) is 2.29. The molecule has 0 radical (unpaired) electrons. The van der Waals surface area contributed by atoms with Crippen molar-refractivity contribution in [2.75, 3.05) is 26.7 Å². The zero-order valence-electron chi connectivity index (χ0n) is 16.7. The van der Waals surface area contributed by atoms with E-state index in [4.69, 9.17) is 4.74 Å². The maximum atomic E-state index is 11.7. The number of guanidine groups is 1. The van der Waals surface area contributed by atoms with Gasteiger partial charge in [-0.05, 0) is 39.5 Å². The Morgan fingerprint density at radius 2 is 2.04 bits per heavy atom. The van der Waals surface area contributed by atoms with Crippen molar-refractivity contribution in [2.24, 2.45) is 10.4 Å². The Labute approximate surface area is 158 Å². The van der Waals surface area contributed by atoms with Crippen LogP contribution in [0, 0.1) is 5.41 Å². The van der Waals surface area contributed by atoms with Crippen molar-refractivity contribution < 1.29 is 9.53 Å². The first-order valence-electron chi connectivity index (χ1n) is 10.5. The molecule has 0 aromatic heterocycles. The maximum Gasteiger partial charge on any atom is 0.222 e. The first kappa shape index (κ1) is 19.5. The van der Waals surface area contributed by atoms with E-state index in [2.05, 4.69) is 29.5 Å². The van der Waals surface area contributed by atoms with Gasteiger partial charge in [0, 0.05) is 50.7 Å². The highest BCUT2D eigenvalue weighted by molar-refractivity contribution is 5.81. The SMILES string of the molecule is CCN=C(NC1CCC(=O)N(C)C1)NC1CC(OCC)C12CCCCC2. The minimum atomic E-state index is 0.240. The molecule has 3 fully saturated rings. The lowest BCUT2D eigenvalue weighted by Gasteiger charge is -2.58. The number of nitrogens with one attached hydrogen (secondary N) is 2. The number of hydrogen-bond acceptors (Lipinski definition) is 3. The van der Waals surface area contributed by atoms with Gasteiger partial charge in [-0.25, -0.2) is 0 Å². The Kier molecular flexibility index (Phi) is 6.43. The number of likely N-dealkylation sites (tertiary alicyclic amines) is 1. The molecule has 3 atom stereocenters. The van der Waals surface area contributed by atoms with Crippen LogP contribution in [-0.4, -0.2) is 61.7 Å². The second-order valence-electron chi connectivity index (χ2n) is 8.15. The molecule has 1 spiro atoms. The topological polar surface area (TPSA) is 66.0 Å². The largest absolute Gasteiger partial charge is 0.378 e. The van der Waals surface area contributed by atoms with Crippen molar-refractivity contribution in [2.45, 2.75) is 83.4 Å². The summed E-state index contributed by atoms with van der Waals surface area (Å²) in [5.41, 5.74) is 0.282. The van der Waals surface area contributed by atoms with Crippen molar-refractivity contribution in [1.29, 1.82) is 0 Å². The third-order valence-corrected chi connectivity index (χ3v) is 6.53. The number of carbonyl (C=O) groups is 1. The summed E-state index contributed by atoms with van der Waals surface area (Å²) in [6.07, 6.45) is 9.45. The van der Waals surface area contributed by atoms with Crippen molar-refractivity contribution >= 4 is 11.9 Å². The fourth-order valence-electron chi connectivity index (χ4n) is 5.05. The standard InChI is InChI=1S/C20H36N4O2/c1-4-21-19(22-15-9-10-18(25)24(3)14-15)23-16-13-17(26-5-2)20(16)11-7-6-8-12-20/h15-17H,4-14H2,1-3H3,(H2,21,22,23). The first-order chi connectivity index (χ1) is 12.6. The summed E-state index contributed by atoms with van der Waals surface area (Å²) in [6.45, 7) is 6.48. The van der Waals surface area contributed by atoms with E-state index in [1.165, 1.54) is 32.1 Å². The number of aliphatic imine (C=N–C) groups is 1. The Balaban J connectivity index is 1.62. The van der Waals surface area contributed by atoms with Crippen molar-refractivity contribution in [3.8, 4) is 0 Å². The third-order valence-electron chi connectivity index (χ3n) is 6.53. The van der Waals surface area contributed by atoms with Gasteiger partial charge in [0.15, 0.2) is 5.96 Å². The van der Waals surface area contributed by atoms with Gasteiger partial charge in [0.2, 0.25) is 5.91 Å². The van der Waals surface area contributed by atoms with Crippen LogP contribution in [0.25, 0.3) is 0 Å². The van der Waals surface area contributed by atoms with Gasteiger partial charge < -0.3 is 20.3 Å². The highest BCUT2D eigenvalue weighted by Gasteiger charge is 2.55. The number of hydrogen-bond donors (Lipinski definition) is 2. The van der Waals surface area contributed by atoms with E-state index in [9.17, 15) is 4.79 Å². The number of rotatable bonds is 5. The molecule has 0 aromatic carbocycles. The van der Waals surface area contributed by atoms with Crippen LogP contribution in [0.3, 0.4) is 0 Å². The molecule has 1 saturated heterocycles. The normalized spacial score (nSPS) is 31.7. The number of ether oxygens (including phenoxy) is 1. The minimum Gasteiger partial charge on any atom is -0.378 e. The Bertz CT molecular complexity index is 516. The summed E-state index contributed by atoms with van der Waals surface area (Å²) in [6, 6.07) is 0.723. The second kappa shape index (κ2) is 8.59. The molecule has 2 aliphatic carbocycles. The molecular weight excluding hydrogens is 328 g/mol. The third kappa shape index (κ3) is 4.00. The van der Waals surface area contributed by atoms with Crippen LogP contribution in [0.4, 0.5) is 0 Å². The van der Waals surface area contributed by atoms with Crippen LogP contribution < -0.4 is 10.6 Å². The highest BCUT2D eigenvalue weighted by atomic mass is 16.5. The lowest BCUT2D eigenvalue weighted by Crippen LogP contribution is -2.67. The maximum absolute atomic E-state index is 11.7. The first-order valence-corrected chi connectivity index (χ1v) is 10.5. The molecule has 6 heteroatoms. The number of piperidine rings is 1. The van der Waals surface area contributed by atoms with Crippen LogP contribution in [0.1, 0.15) is 65.2 Å². The number of nitrogens with zero attached hydrogens (tertiary/aromatic N) is 2. The van der Waals surface area contributed by atoms with Gasteiger partial charge in [0.05, 0.1) is 6.10 Å². The molecule has 0 aromatic rings. The lowest BCUT2D eigenvalue weighted by atomic mass is 9.55. The smallest absolute Gasteiger partial charge is 0.222 e. The molecular formula is C20H36N4O2. The molecule has 6 nitrogen and oxygen atoms in total. The van der Waals surface area contributed by atoms with E-state index >= 15 is 0 Å². The van der Waals surface area contributed by atoms with E-state index in [0.717, 1.165) is 38.5 Å². The summed E-state index contributed by atoms with van der Waals surface area (Å²) in [5, 5.41) is 7.31. The number of amides is 1. The summed E-state index contributed by atoms with van der Waals surface area (Å²) >= 11 is 0. The quantitative estimate of drug-likeness (QED) is 0.580. The average Bonchev–Trinajstić information content (AvgIpc) is 2.64. The molecule has 3 aliphatic rings. The van der Waals surface area contributed by atoms with Gasteiger partial charge in [0.25, 0.3) is 0 Å². The van der Waals surface area contributed by atoms with Crippen LogP contribution in [-0.2, 0) is 9.53 Å². The fraction of sp³-hybridized carbons (Fsp3) is 0.900. The minimum absolute atomic E-state index is 0.240. The van der Waals surface area contributed by atoms with Crippen LogP contribution in [0.5, 0.6) is 0 Å². The molecule has 3 unspecified atom stereocenters. The summed E-state index contributed by atoms with van der Waals surface area (Å²) in [7, 11) is 1.88. The van der Waals surface area contributed by atoms with Crippen molar-refractivity contribution in [1.82, 2.24) is 15.5 Å². The molecule has 2 saturated carbocycles. The fourth-order valence-corrected chi connectivity index (χ4v) is 5.05. The second-order valence-corrected chi connectivity index (χ2v) is 8.15.